The molecule has 0 unspecified atom stereocenters. The second kappa shape index (κ2) is 8.95. The highest BCUT2D eigenvalue weighted by Crippen LogP contribution is 2.33. The van der Waals surface area contributed by atoms with Crippen LogP contribution in [-0.4, -0.2) is 19.5 Å². The van der Waals surface area contributed by atoms with Crippen molar-refractivity contribution in [1.29, 1.82) is 0 Å². The van der Waals surface area contributed by atoms with Crippen LogP contribution in [0.25, 0.3) is 27.7 Å². The molecule has 186 valence electrons. The number of halogens is 2. The van der Waals surface area contributed by atoms with Crippen molar-refractivity contribution in [2.24, 2.45) is 5.84 Å². The molecule has 3 aromatic heterocycles. The molecular formula is C26H21F2N7O2. The molecule has 5 N–H and O–H groups in total. The molecule has 2 aromatic carbocycles. The molecule has 37 heavy (non-hydrogen) atoms. The smallest absolute Gasteiger partial charge is 0.333 e. The second-order valence-corrected chi connectivity index (χ2v) is 8.50. The number of fused-ring (bicyclic) bond motifs is 1. The average Bonchev–Trinajstić information content (AvgIpc) is 2.87. The normalized spacial score (nSPS) is 11.2. The summed E-state index contributed by atoms with van der Waals surface area (Å²) >= 11 is 0. The van der Waals surface area contributed by atoms with Crippen LogP contribution in [0.2, 0.25) is 0 Å². The number of aromatic nitrogens is 4. The minimum Gasteiger partial charge on any atom is -0.397 e. The fraction of sp³-hybridized carbons (Fsp3) is 0.0769. The summed E-state index contributed by atoms with van der Waals surface area (Å²) < 4.78 is 28.8. The molecule has 11 heteroatoms. The third-order valence-corrected chi connectivity index (χ3v) is 6.16. The summed E-state index contributed by atoms with van der Waals surface area (Å²) in [6, 6.07) is 10.4. The minimum atomic E-state index is -1.21. The van der Waals surface area contributed by atoms with E-state index in [0.29, 0.717) is 16.3 Å². The lowest BCUT2D eigenvalue weighted by Crippen LogP contribution is -2.41. The van der Waals surface area contributed by atoms with Gasteiger partial charge in [0.2, 0.25) is 0 Å². The van der Waals surface area contributed by atoms with Gasteiger partial charge in [-0.05, 0) is 25.5 Å². The van der Waals surface area contributed by atoms with Crippen molar-refractivity contribution in [2.45, 2.75) is 13.8 Å². The lowest BCUT2D eigenvalue weighted by molar-refractivity contribution is 0.509. The van der Waals surface area contributed by atoms with Gasteiger partial charge in [-0.1, -0.05) is 24.3 Å². The molecule has 0 radical (unpaired) electrons. The molecule has 0 fully saturated rings. The highest BCUT2D eigenvalue weighted by Gasteiger charge is 2.25. The van der Waals surface area contributed by atoms with Crippen molar-refractivity contribution >= 4 is 27.8 Å². The summed E-state index contributed by atoms with van der Waals surface area (Å²) in [7, 11) is 0. The Morgan fingerprint density at radius 1 is 1.00 bits per heavy atom. The number of anilines is 3. The quantitative estimate of drug-likeness (QED) is 0.194. The topological polar surface area (TPSA) is 136 Å². The number of nitrogen functional groups attached to an aromatic ring is 1. The first-order chi connectivity index (χ1) is 17.7. The number of rotatable bonds is 4. The number of benzene rings is 2. The Balaban J connectivity index is 1.86. The highest BCUT2D eigenvalue weighted by atomic mass is 19.2. The predicted molar refractivity (Wildman–Crippen MR) is 138 cm³/mol. The maximum absolute atomic E-state index is 14.2. The van der Waals surface area contributed by atoms with Crippen LogP contribution in [0.5, 0.6) is 0 Å². The molecule has 3 heterocycles. The molecule has 0 aliphatic heterocycles. The number of nitrogens with zero attached hydrogens (tertiary/aromatic N) is 4. The van der Waals surface area contributed by atoms with Crippen molar-refractivity contribution in [3.63, 3.8) is 0 Å². The molecule has 0 saturated carbocycles. The van der Waals surface area contributed by atoms with E-state index in [1.165, 1.54) is 12.4 Å². The van der Waals surface area contributed by atoms with Crippen LogP contribution in [-0.2, 0) is 0 Å². The van der Waals surface area contributed by atoms with Gasteiger partial charge in [0, 0.05) is 46.6 Å². The van der Waals surface area contributed by atoms with E-state index in [-0.39, 0.29) is 28.4 Å². The van der Waals surface area contributed by atoms with Gasteiger partial charge < -0.3 is 10.7 Å². The number of nitrogens with two attached hydrogens (primary N) is 2. The molecule has 0 saturated heterocycles. The zero-order valence-corrected chi connectivity index (χ0v) is 19.8. The molecule has 0 bridgehead atoms. The van der Waals surface area contributed by atoms with E-state index < -0.39 is 22.9 Å². The molecular weight excluding hydrogens is 480 g/mol. The average molecular weight is 501 g/mol. The summed E-state index contributed by atoms with van der Waals surface area (Å²) in [6.45, 7) is 3.63. The standard InChI is InChI=1S/C26H21F2N7O2/c1-13-7-16(11-32-14(13)2)23-24(35(30)21-9-19(28)18(27)8-20(21)29)25(36)34(26(37)33-23)22-12-31-10-15-5-3-4-6-17(15)22/h3-12H,29-30H2,1-2H3,(H,33,37). The van der Waals surface area contributed by atoms with E-state index in [2.05, 4.69) is 15.0 Å². The Kier molecular flexibility index (Phi) is 5.76. The van der Waals surface area contributed by atoms with E-state index in [1.54, 1.807) is 36.5 Å². The number of hydrogen-bond acceptors (Lipinski definition) is 7. The monoisotopic (exact) mass is 501 g/mol. The first-order valence-corrected chi connectivity index (χ1v) is 11.1. The summed E-state index contributed by atoms with van der Waals surface area (Å²) in [5.41, 5.74) is 5.88. The lowest BCUT2D eigenvalue weighted by atomic mass is 10.1. The van der Waals surface area contributed by atoms with E-state index >= 15 is 0 Å². The number of pyridine rings is 2. The van der Waals surface area contributed by atoms with Crippen LogP contribution in [0.15, 0.2) is 70.6 Å². The van der Waals surface area contributed by atoms with Crippen molar-refractivity contribution in [2.75, 3.05) is 10.7 Å². The zero-order chi connectivity index (χ0) is 26.4. The first-order valence-electron chi connectivity index (χ1n) is 11.1. The third-order valence-electron chi connectivity index (χ3n) is 6.16. The minimum absolute atomic E-state index is 0.0293. The Labute approximate surface area is 208 Å². The molecule has 0 aliphatic carbocycles. The molecule has 0 atom stereocenters. The van der Waals surface area contributed by atoms with Crippen LogP contribution in [0.3, 0.4) is 0 Å². The maximum Gasteiger partial charge on any atom is 0.333 e. The Hall–Kier alpha value is -4.90. The van der Waals surface area contributed by atoms with Gasteiger partial charge in [0.15, 0.2) is 11.6 Å². The van der Waals surface area contributed by atoms with Crippen LogP contribution in [0.4, 0.5) is 25.8 Å². The number of H-pyrrole nitrogens is 1. The lowest BCUT2D eigenvalue weighted by Gasteiger charge is -2.23. The van der Waals surface area contributed by atoms with Gasteiger partial charge in [0.25, 0.3) is 5.56 Å². The third kappa shape index (κ3) is 4.00. The molecule has 0 aliphatic rings. The summed E-state index contributed by atoms with van der Waals surface area (Å²) in [5.74, 6) is 3.96. The van der Waals surface area contributed by atoms with Crippen molar-refractivity contribution in [3.05, 3.63) is 105 Å². The van der Waals surface area contributed by atoms with Crippen LogP contribution < -0.4 is 27.8 Å². The summed E-state index contributed by atoms with van der Waals surface area (Å²) in [6.07, 6.45) is 4.46. The Morgan fingerprint density at radius 2 is 1.73 bits per heavy atom. The summed E-state index contributed by atoms with van der Waals surface area (Å²) in [5, 5.41) is 2.12. The molecule has 9 nitrogen and oxygen atoms in total. The number of aryl methyl sites for hydroxylation is 2. The number of nitrogens with one attached hydrogen (secondary N) is 1. The maximum atomic E-state index is 14.2. The van der Waals surface area contributed by atoms with E-state index in [1.807, 2.05) is 13.8 Å². The number of aromatic amines is 1. The molecule has 0 spiro atoms. The van der Waals surface area contributed by atoms with Crippen LogP contribution in [0, 0.1) is 25.5 Å². The van der Waals surface area contributed by atoms with E-state index in [0.717, 1.165) is 33.0 Å². The van der Waals surface area contributed by atoms with Crippen LogP contribution >= 0.6 is 0 Å². The second-order valence-electron chi connectivity index (χ2n) is 8.50. The predicted octanol–water partition coefficient (Wildman–Crippen LogP) is 3.63. The van der Waals surface area contributed by atoms with Gasteiger partial charge in [-0.2, -0.15) is 0 Å². The van der Waals surface area contributed by atoms with Gasteiger partial charge in [-0.15, -0.1) is 0 Å². The summed E-state index contributed by atoms with van der Waals surface area (Å²) in [4.78, 5) is 38.6. The highest BCUT2D eigenvalue weighted by molar-refractivity contribution is 5.89. The van der Waals surface area contributed by atoms with Crippen molar-refractivity contribution < 1.29 is 8.78 Å². The fourth-order valence-corrected chi connectivity index (χ4v) is 4.12. The first kappa shape index (κ1) is 23.8. The zero-order valence-electron chi connectivity index (χ0n) is 19.8. The SMILES string of the molecule is Cc1cc(-c2[nH]c(=O)n(-c3cncc4ccccc34)c(=O)c2N(N)c2cc(F)c(F)cc2N)cnc1C. The van der Waals surface area contributed by atoms with Crippen molar-refractivity contribution in [1.82, 2.24) is 19.5 Å². The molecule has 5 aromatic rings. The Bertz CT molecular complexity index is 1810. The van der Waals surface area contributed by atoms with Gasteiger partial charge >= 0.3 is 5.69 Å². The van der Waals surface area contributed by atoms with Gasteiger partial charge in [0.05, 0.1) is 29.0 Å². The van der Waals surface area contributed by atoms with Crippen LogP contribution in [0.1, 0.15) is 11.3 Å². The van der Waals surface area contributed by atoms with E-state index in [9.17, 15) is 18.4 Å². The number of hydrazine groups is 1. The fourth-order valence-electron chi connectivity index (χ4n) is 4.12. The number of hydrogen-bond donors (Lipinski definition) is 3. The molecule has 0 amide bonds. The molecule has 5 rings (SSSR count). The van der Waals surface area contributed by atoms with Gasteiger partial charge in [-0.25, -0.2) is 24.0 Å². The van der Waals surface area contributed by atoms with Gasteiger partial charge in [-0.3, -0.25) is 19.8 Å². The van der Waals surface area contributed by atoms with Crippen molar-refractivity contribution in [3.8, 4) is 16.9 Å². The van der Waals surface area contributed by atoms with Gasteiger partial charge in [0.1, 0.15) is 5.69 Å². The Morgan fingerprint density at radius 3 is 2.49 bits per heavy atom. The largest absolute Gasteiger partial charge is 0.397 e. The van der Waals surface area contributed by atoms with E-state index in [4.69, 9.17) is 11.6 Å².